The fourth-order valence-electron chi connectivity index (χ4n) is 4.89. The van der Waals surface area contributed by atoms with Gasteiger partial charge in [0.15, 0.2) is 11.5 Å². The molecule has 10 nitrogen and oxygen atoms in total. The second-order valence-electron chi connectivity index (χ2n) is 8.56. The minimum atomic E-state index is -0.480. The molecule has 36 heavy (non-hydrogen) atoms. The maximum absolute atomic E-state index is 13.5. The lowest BCUT2D eigenvalue weighted by molar-refractivity contribution is -0.384. The standard InChI is InChI=1S/C26H21N5O5/c1-35-18-8-9-20-19(13-18)16(14-27-20)10-11-30-25(15-4-6-17(7-5-15)31(33)34)22-23(21-3-2-12-36-21)28-29-24(22)26(30)32/h2-9,12-14,25,27H,10-11H2,1H3,(H,28,29). The van der Waals surface area contributed by atoms with Crippen LogP contribution in [-0.2, 0) is 6.42 Å². The summed E-state index contributed by atoms with van der Waals surface area (Å²) < 4.78 is 11.0. The van der Waals surface area contributed by atoms with Gasteiger partial charge in [0.1, 0.15) is 11.4 Å². The molecule has 0 spiro atoms. The van der Waals surface area contributed by atoms with Crippen molar-refractivity contribution < 1.29 is 18.9 Å². The minimum absolute atomic E-state index is 0.0129. The number of hydrogen-bond donors (Lipinski definition) is 2. The van der Waals surface area contributed by atoms with E-state index >= 15 is 0 Å². The van der Waals surface area contributed by atoms with Crippen molar-refractivity contribution >= 4 is 22.5 Å². The number of benzene rings is 2. The molecule has 0 saturated heterocycles. The van der Waals surface area contributed by atoms with Crippen molar-refractivity contribution in [3.8, 4) is 17.2 Å². The van der Waals surface area contributed by atoms with E-state index in [4.69, 9.17) is 9.15 Å². The topological polar surface area (TPSA) is 130 Å². The van der Waals surface area contributed by atoms with E-state index in [1.54, 1.807) is 42.5 Å². The predicted octanol–water partition coefficient (Wildman–Crippen LogP) is 4.86. The van der Waals surface area contributed by atoms with Crippen molar-refractivity contribution in [1.29, 1.82) is 0 Å². The average molecular weight is 483 g/mol. The summed E-state index contributed by atoms with van der Waals surface area (Å²) >= 11 is 0. The Kier molecular flexibility index (Phi) is 5.06. The molecule has 10 heteroatoms. The van der Waals surface area contributed by atoms with Crippen LogP contribution in [0.4, 0.5) is 5.69 Å². The molecule has 2 aromatic carbocycles. The number of furan rings is 1. The molecule has 0 bridgehead atoms. The van der Waals surface area contributed by atoms with Crippen molar-refractivity contribution in [2.45, 2.75) is 12.5 Å². The summed E-state index contributed by atoms with van der Waals surface area (Å²) in [5, 5.41) is 19.5. The van der Waals surface area contributed by atoms with E-state index in [9.17, 15) is 14.9 Å². The Morgan fingerprint density at radius 1 is 1.19 bits per heavy atom. The Labute approximate surface area is 204 Å². The van der Waals surface area contributed by atoms with E-state index in [0.717, 1.165) is 27.8 Å². The maximum Gasteiger partial charge on any atom is 0.275 e. The third-order valence-corrected chi connectivity index (χ3v) is 6.64. The van der Waals surface area contributed by atoms with Crippen molar-refractivity contribution in [1.82, 2.24) is 20.1 Å². The van der Waals surface area contributed by atoms with Gasteiger partial charge in [0.25, 0.3) is 11.6 Å². The largest absolute Gasteiger partial charge is 0.497 e. The lowest BCUT2D eigenvalue weighted by atomic mass is 9.97. The van der Waals surface area contributed by atoms with Crippen LogP contribution in [0.3, 0.4) is 0 Å². The zero-order chi connectivity index (χ0) is 24.8. The van der Waals surface area contributed by atoms with Gasteiger partial charge >= 0.3 is 0 Å². The Bertz CT molecular complexity index is 1580. The third kappa shape index (κ3) is 3.42. The zero-order valence-corrected chi connectivity index (χ0v) is 19.2. The summed E-state index contributed by atoms with van der Waals surface area (Å²) in [6, 6.07) is 15.2. The molecule has 5 aromatic rings. The molecule has 1 atom stereocenters. The Hall–Kier alpha value is -4.86. The van der Waals surface area contributed by atoms with Gasteiger partial charge in [0.2, 0.25) is 0 Å². The number of methoxy groups -OCH3 is 1. The minimum Gasteiger partial charge on any atom is -0.497 e. The van der Waals surface area contributed by atoms with Crippen LogP contribution in [-0.4, -0.2) is 44.6 Å². The Morgan fingerprint density at radius 3 is 2.75 bits per heavy atom. The summed E-state index contributed by atoms with van der Waals surface area (Å²) in [6.45, 7) is 0.415. The van der Waals surface area contributed by atoms with Crippen LogP contribution in [0.15, 0.2) is 71.5 Å². The first kappa shape index (κ1) is 21.7. The lowest BCUT2D eigenvalue weighted by Gasteiger charge is -2.26. The molecule has 0 aliphatic carbocycles. The molecule has 3 aromatic heterocycles. The normalized spacial score (nSPS) is 15.0. The SMILES string of the molecule is COc1ccc2[nH]cc(CCN3C(=O)c4n[nH]c(-c5ccco5)c4C3c3ccc([N+](=O)[O-])cc3)c2c1. The molecular weight excluding hydrogens is 462 g/mol. The average Bonchev–Trinajstić information content (AvgIpc) is 3.68. The molecule has 0 radical (unpaired) electrons. The van der Waals surface area contributed by atoms with Gasteiger partial charge in [-0.2, -0.15) is 5.10 Å². The zero-order valence-electron chi connectivity index (χ0n) is 19.2. The molecule has 1 aliphatic rings. The molecule has 0 fully saturated rings. The van der Waals surface area contributed by atoms with Crippen molar-refractivity contribution in [3.05, 3.63) is 99.6 Å². The molecule has 180 valence electrons. The summed E-state index contributed by atoms with van der Waals surface area (Å²) in [4.78, 5) is 29.3. The highest BCUT2D eigenvalue weighted by Crippen LogP contribution is 2.43. The number of rotatable bonds is 7. The molecule has 1 unspecified atom stereocenters. The molecule has 6 rings (SSSR count). The van der Waals surface area contributed by atoms with Crippen LogP contribution in [0, 0.1) is 10.1 Å². The number of carbonyl (C=O) groups is 1. The quantitative estimate of drug-likeness (QED) is 0.251. The van der Waals surface area contributed by atoms with Gasteiger partial charge in [0.05, 0.1) is 24.3 Å². The summed E-state index contributed by atoms with van der Waals surface area (Å²) in [6.07, 6.45) is 4.09. The number of H-pyrrole nitrogens is 2. The van der Waals surface area contributed by atoms with Crippen LogP contribution in [0.1, 0.15) is 33.2 Å². The fourth-order valence-corrected chi connectivity index (χ4v) is 4.89. The highest BCUT2D eigenvalue weighted by molar-refractivity contribution is 6.00. The van der Waals surface area contributed by atoms with Gasteiger partial charge < -0.3 is 19.0 Å². The van der Waals surface area contributed by atoms with Gasteiger partial charge in [-0.1, -0.05) is 0 Å². The third-order valence-electron chi connectivity index (χ3n) is 6.64. The first-order valence-corrected chi connectivity index (χ1v) is 11.4. The lowest BCUT2D eigenvalue weighted by Crippen LogP contribution is -2.31. The highest BCUT2D eigenvalue weighted by atomic mass is 16.6. The summed E-state index contributed by atoms with van der Waals surface area (Å²) in [5.74, 6) is 1.11. The second kappa shape index (κ2) is 8.42. The number of nitrogens with one attached hydrogen (secondary N) is 2. The Balaban J connectivity index is 1.39. The van der Waals surface area contributed by atoms with Crippen LogP contribution in [0.2, 0.25) is 0 Å². The number of nitro groups is 1. The summed E-state index contributed by atoms with van der Waals surface area (Å²) in [7, 11) is 1.63. The van der Waals surface area contributed by atoms with E-state index in [1.165, 1.54) is 12.1 Å². The number of nitro benzene ring substituents is 1. The van der Waals surface area contributed by atoms with Gasteiger partial charge in [-0.3, -0.25) is 20.0 Å². The van der Waals surface area contributed by atoms with Gasteiger partial charge in [-0.15, -0.1) is 0 Å². The van der Waals surface area contributed by atoms with Crippen LogP contribution in [0.25, 0.3) is 22.4 Å². The number of carbonyl (C=O) groups excluding carboxylic acids is 1. The number of fused-ring (bicyclic) bond motifs is 2. The van der Waals surface area contributed by atoms with Gasteiger partial charge in [-0.05, 0) is 60.0 Å². The number of amides is 1. The maximum atomic E-state index is 13.5. The number of ether oxygens (including phenoxy) is 1. The second-order valence-corrected chi connectivity index (χ2v) is 8.56. The van der Waals surface area contributed by atoms with Crippen molar-refractivity contribution in [2.24, 2.45) is 0 Å². The van der Waals surface area contributed by atoms with Gasteiger partial charge in [0, 0.05) is 41.3 Å². The van der Waals surface area contributed by atoms with Crippen molar-refractivity contribution in [3.63, 3.8) is 0 Å². The number of hydrogen-bond acceptors (Lipinski definition) is 6. The van der Waals surface area contributed by atoms with E-state index in [2.05, 4.69) is 15.2 Å². The smallest absolute Gasteiger partial charge is 0.275 e. The number of aromatic nitrogens is 3. The predicted molar refractivity (Wildman–Crippen MR) is 131 cm³/mol. The fraction of sp³-hybridized carbons (Fsp3) is 0.154. The molecule has 0 saturated carbocycles. The monoisotopic (exact) mass is 483 g/mol. The molecule has 1 aliphatic heterocycles. The summed E-state index contributed by atoms with van der Waals surface area (Å²) in [5.41, 5.74) is 4.42. The van der Waals surface area contributed by atoms with E-state index in [0.29, 0.717) is 35.7 Å². The van der Waals surface area contributed by atoms with Crippen LogP contribution in [0.5, 0.6) is 5.75 Å². The van der Waals surface area contributed by atoms with Crippen LogP contribution >= 0.6 is 0 Å². The molecular formula is C26H21N5O5. The molecule has 1 amide bonds. The van der Waals surface area contributed by atoms with Crippen molar-refractivity contribution in [2.75, 3.05) is 13.7 Å². The number of nitrogens with zero attached hydrogens (tertiary/aromatic N) is 3. The van der Waals surface area contributed by atoms with E-state index in [1.807, 2.05) is 24.4 Å². The van der Waals surface area contributed by atoms with E-state index < -0.39 is 11.0 Å². The molecule has 4 heterocycles. The van der Waals surface area contributed by atoms with E-state index in [-0.39, 0.29) is 11.6 Å². The van der Waals surface area contributed by atoms with Crippen LogP contribution < -0.4 is 4.74 Å². The molecule has 2 N–H and O–H groups in total. The highest BCUT2D eigenvalue weighted by Gasteiger charge is 2.42. The number of aromatic amines is 2. The number of non-ortho nitro benzene ring substituents is 1. The Morgan fingerprint density at radius 2 is 2.03 bits per heavy atom. The van der Waals surface area contributed by atoms with Gasteiger partial charge in [-0.25, -0.2) is 0 Å². The first-order valence-electron chi connectivity index (χ1n) is 11.4. The first-order chi connectivity index (χ1) is 17.5.